The Morgan fingerprint density at radius 2 is 1.97 bits per heavy atom. The van der Waals surface area contributed by atoms with Crippen molar-refractivity contribution in [2.24, 2.45) is 5.10 Å². The molecule has 36 heavy (non-hydrogen) atoms. The number of morpholine rings is 1. The molecule has 4 heterocycles. The van der Waals surface area contributed by atoms with Crippen LogP contribution in [0, 0.1) is 5.82 Å². The van der Waals surface area contributed by atoms with Gasteiger partial charge in [-0.1, -0.05) is 17.7 Å². The number of hydrogen-bond acceptors (Lipinski definition) is 10. The van der Waals surface area contributed by atoms with Crippen molar-refractivity contribution in [3.05, 3.63) is 77.6 Å². The average molecular weight is 506 g/mol. The summed E-state index contributed by atoms with van der Waals surface area (Å²) in [7, 11) is 0. The molecule has 0 atom stereocenters. The molecule has 0 bridgehead atoms. The van der Waals surface area contributed by atoms with Crippen LogP contribution in [0.15, 0.2) is 66.2 Å². The number of aromatic nitrogens is 5. The van der Waals surface area contributed by atoms with Crippen molar-refractivity contribution < 1.29 is 9.13 Å². The molecule has 0 spiro atoms. The van der Waals surface area contributed by atoms with E-state index in [0.29, 0.717) is 37.0 Å². The first-order chi connectivity index (χ1) is 17.7. The molecule has 1 aliphatic rings. The topological polar surface area (TPSA) is 113 Å². The van der Waals surface area contributed by atoms with Gasteiger partial charge in [0.15, 0.2) is 11.6 Å². The van der Waals surface area contributed by atoms with Gasteiger partial charge in [-0.2, -0.15) is 20.3 Å². The molecule has 12 heteroatoms. The second kappa shape index (κ2) is 11.0. The van der Waals surface area contributed by atoms with Crippen LogP contribution in [-0.4, -0.2) is 57.7 Å². The van der Waals surface area contributed by atoms with Crippen LogP contribution in [0.25, 0.3) is 11.3 Å². The molecule has 2 N–H and O–H groups in total. The lowest BCUT2D eigenvalue weighted by molar-refractivity contribution is 0.122. The zero-order chi connectivity index (χ0) is 24.7. The van der Waals surface area contributed by atoms with Crippen LogP contribution in [0.2, 0.25) is 5.02 Å². The van der Waals surface area contributed by atoms with Gasteiger partial charge < -0.3 is 15.0 Å². The molecule has 182 valence electrons. The maximum atomic E-state index is 14.2. The van der Waals surface area contributed by atoms with Crippen molar-refractivity contribution in [3.8, 4) is 11.3 Å². The third kappa shape index (κ3) is 5.70. The molecule has 0 saturated carbocycles. The highest BCUT2D eigenvalue weighted by Crippen LogP contribution is 2.29. The van der Waals surface area contributed by atoms with Crippen molar-refractivity contribution in [1.82, 2.24) is 25.1 Å². The number of rotatable bonds is 7. The van der Waals surface area contributed by atoms with Gasteiger partial charge >= 0.3 is 0 Å². The van der Waals surface area contributed by atoms with Gasteiger partial charge in [0.2, 0.25) is 5.95 Å². The third-order valence-electron chi connectivity index (χ3n) is 5.30. The number of pyridine rings is 1. The Labute approximate surface area is 211 Å². The number of hydrazone groups is 1. The molecule has 5 rings (SSSR count). The maximum Gasteiger partial charge on any atom is 0.245 e. The lowest BCUT2D eigenvalue weighted by atomic mass is 10.1. The van der Waals surface area contributed by atoms with E-state index in [1.54, 1.807) is 18.5 Å². The number of nitrogens with one attached hydrogen (secondary N) is 2. The van der Waals surface area contributed by atoms with Crippen LogP contribution in [0.1, 0.15) is 5.69 Å². The van der Waals surface area contributed by atoms with Gasteiger partial charge in [0.05, 0.1) is 59.6 Å². The van der Waals surface area contributed by atoms with E-state index < -0.39 is 5.82 Å². The highest BCUT2D eigenvalue weighted by atomic mass is 35.5. The Kier molecular flexibility index (Phi) is 7.20. The van der Waals surface area contributed by atoms with Crippen molar-refractivity contribution in [2.45, 2.75) is 0 Å². The summed E-state index contributed by atoms with van der Waals surface area (Å²) in [5, 5.41) is 15.9. The van der Waals surface area contributed by atoms with Crippen LogP contribution < -0.4 is 15.6 Å². The fraction of sp³-hybridized carbons (Fsp3) is 0.167. The first kappa shape index (κ1) is 23.5. The van der Waals surface area contributed by atoms with E-state index >= 15 is 0 Å². The highest BCUT2D eigenvalue weighted by molar-refractivity contribution is 6.33. The first-order valence-corrected chi connectivity index (χ1v) is 11.5. The Morgan fingerprint density at radius 1 is 1.08 bits per heavy atom. The largest absolute Gasteiger partial charge is 0.378 e. The monoisotopic (exact) mass is 505 g/mol. The molecule has 1 aromatic carbocycles. The molecule has 0 radical (unpaired) electrons. The molecule has 0 unspecified atom stereocenters. The zero-order valence-corrected chi connectivity index (χ0v) is 19.7. The summed E-state index contributed by atoms with van der Waals surface area (Å²) in [5.41, 5.74) is 6.43. The van der Waals surface area contributed by atoms with Crippen LogP contribution in [-0.2, 0) is 4.74 Å². The zero-order valence-electron chi connectivity index (χ0n) is 19.0. The standard InChI is InChI=1S/C24H21ClFN9O/c25-19-12-16(21-2-1-7-29-33-21)3-6-22(19)31-18-5-4-17(27-13-18)14-30-34-24-28-15-20(26)23(32-24)35-8-10-36-11-9-35/h1-7,12-15,31H,8-11H2,(H,28,32,34)/b30-14+. The van der Waals surface area contributed by atoms with Crippen LogP contribution in [0.5, 0.6) is 0 Å². The molecular weight excluding hydrogens is 485 g/mol. The van der Waals surface area contributed by atoms with E-state index in [-0.39, 0.29) is 11.8 Å². The molecule has 10 nitrogen and oxygen atoms in total. The second-order valence-electron chi connectivity index (χ2n) is 7.73. The summed E-state index contributed by atoms with van der Waals surface area (Å²) in [6.45, 7) is 2.19. The van der Waals surface area contributed by atoms with Gasteiger partial charge in [0.1, 0.15) is 0 Å². The number of benzene rings is 1. The normalized spacial score (nSPS) is 13.7. The van der Waals surface area contributed by atoms with E-state index in [1.807, 2.05) is 41.3 Å². The molecule has 1 saturated heterocycles. The van der Waals surface area contributed by atoms with E-state index in [1.165, 1.54) is 6.21 Å². The first-order valence-electron chi connectivity index (χ1n) is 11.1. The van der Waals surface area contributed by atoms with Gasteiger partial charge in [-0.05, 0) is 36.4 Å². The minimum Gasteiger partial charge on any atom is -0.378 e. The van der Waals surface area contributed by atoms with Crippen LogP contribution in [0.3, 0.4) is 0 Å². The molecule has 3 aromatic heterocycles. The Balaban J connectivity index is 1.20. The average Bonchev–Trinajstić information content (AvgIpc) is 2.93. The number of nitrogens with zero attached hydrogens (tertiary/aromatic N) is 7. The fourth-order valence-electron chi connectivity index (χ4n) is 3.51. The second-order valence-corrected chi connectivity index (χ2v) is 8.14. The molecular formula is C24H21ClFN9O. The minimum atomic E-state index is -0.486. The number of hydrogen-bond donors (Lipinski definition) is 2. The van der Waals surface area contributed by atoms with Gasteiger partial charge in [0, 0.05) is 24.8 Å². The lowest BCUT2D eigenvalue weighted by Gasteiger charge is -2.27. The van der Waals surface area contributed by atoms with Crippen molar-refractivity contribution in [1.29, 1.82) is 0 Å². The van der Waals surface area contributed by atoms with Gasteiger partial charge in [-0.25, -0.2) is 14.8 Å². The smallest absolute Gasteiger partial charge is 0.245 e. The van der Waals surface area contributed by atoms with Crippen LogP contribution in [0.4, 0.5) is 27.5 Å². The minimum absolute atomic E-state index is 0.187. The van der Waals surface area contributed by atoms with Crippen molar-refractivity contribution in [3.63, 3.8) is 0 Å². The summed E-state index contributed by atoms with van der Waals surface area (Å²) >= 11 is 6.45. The van der Waals surface area contributed by atoms with E-state index in [4.69, 9.17) is 16.3 Å². The highest BCUT2D eigenvalue weighted by Gasteiger charge is 2.17. The molecule has 0 amide bonds. The van der Waals surface area contributed by atoms with Crippen molar-refractivity contribution in [2.75, 3.05) is 41.9 Å². The third-order valence-corrected chi connectivity index (χ3v) is 5.61. The maximum absolute atomic E-state index is 14.2. The predicted molar refractivity (Wildman–Crippen MR) is 136 cm³/mol. The summed E-state index contributed by atoms with van der Waals surface area (Å²) in [6, 6.07) is 13.0. The summed E-state index contributed by atoms with van der Waals surface area (Å²) in [6.07, 6.45) is 5.93. The van der Waals surface area contributed by atoms with Crippen molar-refractivity contribution >= 4 is 41.0 Å². The van der Waals surface area contributed by atoms with Crippen LogP contribution >= 0.6 is 11.6 Å². The number of ether oxygens (including phenoxy) is 1. The van der Waals surface area contributed by atoms with E-state index in [9.17, 15) is 4.39 Å². The Morgan fingerprint density at radius 3 is 2.72 bits per heavy atom. The number of halogens is 2. The summed E-state index contributed by atoms with van der Waals surface area (Å²) < 4.78 is 19.5. The van der Waals surface area contributed by atoms with Gasteiger partial charge in [-0.15, -0.1) is 0 Å². The van der Waals surface area contributed by atoms with Gasteiger partial charge in [0.25, 0.3) is 0 Å². The SMILES string of the molecule is Fc1cnc(N/N=C/c2ccc(Nc3ccc(-c4cccnn4)cc3Cl)cn2)nc1N1CCOCC1. The van der Waals surface area contributed by atoms with E-state index in [2.05, 4.69) is 41.0 Å². The molecule has 4 aromatic rings. The summed E-state index contributed by atoms with van der Waals surface area (Å²) in [4.78, 5) is 14.4. The summed E-state index contributed by atoms with van der Waals surface area (Å²) in [5.74, 6) is -0.0744. The number of anilines is 4. The fourth-order valence-corrected chi connectivity index (χ4v) is 3.74. The van der Waals surface area contributed by atoms with E-state index in [0.717, 1.165) is 28.8 Å². The molecule has 1 aliphatic heterocycles. The predicted octanol–water partition coefficient (Wildman–Crippen LogP) is 4.15. The molecule has 0 aliphatic carbocycles. The lowest BCUT2D eigenvalue weighted by Crippen LogP contribution is -2.37. The quantitative estimate of drug-likeness (QED) is 0.282. The van der Waals surface area contributed by atoms with Gasteiger partial charge in [-0.3, -0.25) is 4.98 Å². The molecule has 1 fully saturated rings. The Bertz CT molecular complexity index is 1350. The Hall–Kier alpha value is -4.22.